The number of nitrogen functional groups attached to an aromatic ring is 1. The van der Waals surface area contributed by atoms with Crippen LogP contribution in [0, 0.1) is 5.41 Å². The minimum Gasteiger partial charge on any atom is -0.497 e. The van der Waals surface area contributed by atoms with Gasteiger partial charge in [-0.1, -0.05) is 24.3 Å². The standard InChI is InChI=1S/C26H28N8O4.C2H4O2/c1-33(2)22(35)15-38-20-13-18(12-19(14-20)37-3)21(11-16-5-7-17(8-6-16)23(27)28)24-31-26(36)34(32-24)25-29-9-4-10-30-25;1-2(3)4/h4-10,12-14,21H,11,15H2,1-3H3,(H3,27,28)(H,31,32,36);1H3,(H,3,4). The number of hydrogen-bond acceptors (Lipinski definition) is 9. The molecule has 14 heteroatoms. The molecule has 0 bridgehead atoms. The van der Waals surface area contributed by atoms with E-state index in [1.807, 2.05) is 18.2 Å². The largest absolute Gasteiger partial charge is 0.497 e. The zero-order valence-corrected chi connectivity index (χ0v) is 23.6. The second-order valence-electron chi connectivity index (χ2n) is 9.18. The lowest BCUT2D eigenvalue weighted by molar-refractivity contribution is -0.134. The zero-order valence-electron chi connectivity index (χ0n) is 23.6. The number of ether oxygens (including phenoxy) is 2. The number of aromatic amines is 1. The molecule has 42 heavy (non-hydrogen) atoms. The maximum absolute atomic E-state index is 12.8. The van der Waals surface area contributed by atoms with E-state index in [0.29, 0.717) is 29.3 Å². The second kappa shape index (κ2) is 14.2. The number of carbonyl (C=O) groups excluding carboxylic acids is 1. The van der Waals surface area contributed by atoms with E-state index in [1.165, 1.54) is 24.4 Å². The Hall–Kier alpha value is -5.53. The molecule has 4 aromatic rings. The fourth-order valence-electron chi connectivity index (χ4n) is 3.73. The number of amidine groups is 1. The number of methoxy groups -OCH3 is 1. The molecule has 14 nitrogen and oxygen atoms in total. The van der Waals surface area contributed by atoms with Crippen LogP contribution in [0.15, 0.2) is 65.7 Å². The van der Waals surface area contributed by atoms with Crippen LogP contribution in [0.5, 0.6) is 11.5 Å². The Balaban J connectivity index is 0.00000114. The minimum atomic E-state index is -0.833. The number of aromatic nitrogens is 5. The number of carbonyl (C=O) groups is 2. The highest BCUT2D eigenvalue weighted by Crippen LogP contribution is 2.32. The maximum Gasteiger partial charge on any atom is 0.350 e. The van der Waals surface area contributed by atoms with Gasteiger partial charge in [-0.25, -0.2) is 14.8 Å². The maximum atomic E-state index is 12.8. The summed E-state index contributed by atoms with van der Waals surface area (Å²) >= 11 is 0. The summed E-state index contributed by atoms with van der Waals surface area (Å²) in [6.07, 6.45) is 3.49. The first-order chi connectivity index (χ1) is 20.0. The van der Waals surface area contributed by atoms with E-state index in [-0.39, 0.29) is 24.3 Å². The summed E-state index contributed by atoms with van der Waals surface area (Å²) in [5.74, 6) is -0.0382. The summed E-state index contributed by atoms with van der Waals surface area (Å²) in [6, 6.07) is 14.2. The van der Waals surface area contributed by atoms with Crippen LogP contribution in [-0.2, 0) is 16.0 Å². The summed E-state index contributed by atoms with van der Waals surface area (Å²) in [5.41, 5.74) is 7.37. The van der Waals surface area contributed by atoms with Crippen LogP contribution in [0.1, 0.15) is 35.4 Å². The van der Waals surface area contributed by atoms with E-state index in [9.17, 15) is 9.59 Å². The summed E-state index contributed by atoms with van der Waals surface area (Å²) in [5, 5.41) is 19.6. The molecule has 1 atom stereocenters. The van der Waals surface area contributed by atoms with Crippen LogP contribution in [0.3, 0.4) is 0 Å². The number of amides is 1. The summed E-state index contributed by atoms with van der Waals surface area (Å²) < 4.78 is 12.4. The number of rotatable bonds is 10. The third kappa shape index (κ3) is 8.48. The number of carboxylic acid groups (broad SMARTS) is 1. The second-order valence-corrected chi connectivity index (χ2v) is 9.18. The van der Waals surface area contributed by atoms with E-state index < -0.39 is 17.6 Å². The minimum absolute atomic E-state index is 0.0270. The lowest BCUT2D eigenvalue weighted by Crippen LogP contribution is -2.27. The average Bonchev–Trinajstić information content (AvgIpc) is 3.35. The fraction of sp³-hybridized carbons (Fsp3) is 0.250. The van der Waals surface area contributed by atoms with Crippen molar-refractivity contribution in [1.29, 1.82) is 5.41 Å². The Morgan fingerprint density at radius 1 is 1.12 bits per heavy atom. The predicted octanol–water partition coefficient (Wildman–Crippen LogP) is 1.58. The molecule has 4 rings (SSSR count). The monoisotopic (exact) mass is 576 g/mol. The average molecular weight is 577 g/mol. The van der Waals surface area contributed by atoms with Crippen molar-refractivity contribution in [3.05, 3.63) is 93.9 Å². The molecule has 0 fully saturated rings. The molecule has 1 amide bonds. The highest BCUT2D eigenvalue weighted by molar-refractivity contribution is 5.94. The van der Waals surface area contributed by atoms with Gasteiger partial charge in [-0.05, 0) is 35.7 Å². The summed E-state index contributed by atoms with van der Waals surface area (Å²) in [7, 11) is 4.84. The van der Waals surface area contributed by atoms with Gasteiger partial charge >= 0.3 is 5.69 Å². The zero-order chi connectivity index (χ0) is 30.8. The molecule has 220 valence electrons. The van der Waals surface area contributed by atoms with Gasteiger partial charge in [-0.2, -0.15) is 0 Å². The van der Waals surface area contributed by atoms with Crippen LogP contribution in [-0.4, -0.2) is 80.3 Å². The van der Waals surface area contributed by atoms with E-state index in [4.69, 9.17) is 30.5 Å². The van der Waals surface area contributed by atoms with Gasteiger partial charge in [0.2, 0.25) is 0 Å². The molecule has 0 saturated heterocycles. The van der Waals surface area contributed by atoms with Crippen molar-refractivity contribution in [2.75, 3.05) is 27.8 Å². The summed E-state index contributed by atoms with van der Waals surface area (Å²) in [6.45, 7) is 0.938. The first-order valence-electron chi connectivity index (χ1n) is 12.6. The highest BCUT2D eigenvalue weighted by atomic mass is 16.5. The molecule has 0 aliphatic rings. The number of hydrogen-bond donors (Lipinski definition) is 4. The molecule has 2 aromatic heterocycles. The summed E-state index contributed by atoms with van der Waals surface area (Å²) in [4.78, 5) is 46.4. The van der Waals surface area contributed by atoms with Crippen molar-refractivity contribution in [3.8, 4) is 17.4 Å². The Morgan fingerprint density at radius 3 is 2.31 bits per heavy atom. The molecule has 0 spiro atoms. The van der Waals surface area contributed by atoms with Gasteiger partial charge in [0.05, 0.1) is 7.11 Å². The Bertz CT molecular complexity index is 1580. The van der Waals surface area contributed by atoms with E-state index in [0.717, 1.165) is 22.7 Å². The van der Waals surface area contributed by atoms with Crippen molar-refractivity contribution in [1.82, 2.24) is 29.6 Å². The predicted molar refractivity (Wildman–Crippen MR) is 153 cm³/mol. The van der Waals surface area contributed by atoms with Gasteiger partial charge in [-0.15, -0.1) is 9.78 Å². The fourth-order valence-corrected chi connectivity index (χ4v) is 3.73. The van der Waals surface area contributed by atoms with Crippen molar-refractivity contribution < 1.29 is 24.2 Å². The van der Waals surface area contributed by atoms with Gasteiger partial charge in [0.1, 0.15) is 23.2 Å². The van der Waals surface area contributed by atoms with Gasteiger partial charge in [0.15, 0.2) is 6.61 Å². The normalized spacial score (nSPS) is 11.0. The van der Waals surface area contributed by atoms with E-state index >= 15 is 0 Å². The quantitative estimate of drug-likeness (QED) is 0.158. The molecular formula is C28H32N8O6. The van der Waals surface area contributed by atoms with Crippen LogP contribution < -0.4 is 20.9 Å². The third-order valence-corrected chi connectivity index (χ3v) is 5.81. The Kier molecular flexibility index (Phi) is 10.5. The molecule has 0 radical (unpaired) electrons. The number of aliphatic carboxylic acids is 1. The van der Waals surface area contributed by atoms with E-state index in [2.05, 4.69) is 20.1 Å². The number of benzene rings is 2. The SMILES string of the molecule is CC(=O)O.COc1cc(OCC(=O)N(C)C)cc(C(Cc2ccc(C(=N)N)cc2)c2nn(-c3ncccn3)c(=O)[nH]2)c1. The van der Waals surface area contributed by atoms with Crippen LogP contribution in [0.4, 0.5) is 0 Å². The first-order valence-corrected chi connectivity index (χ1v) is 12.6. The van der Waals surface area contributed by atoms with E-state index in [1.54, 1.807) is 44.4 Å². The number of carboxylic acids is 1. The number of likely N-dealkylation sites (N-methyl/N-ethyl adjacent to an activating group) is 1. The highest BCUT2D eigenvalue weighted by Gasteiger charge is 2.23. The smallest absolute Gasteiger partial charge is 0.350 e. The van der Waals surface area contributed by atoms with Crippen LogP contribution >= 0.6 is 0 Å². The molecule has 0 aliphatic heterocycles. The molecule has 0 aliphatic carbocycles. The first kappa shape index (κ1) is 31.0. The molecule has 0 saturated carbocycles. The number of nitrogens with one attached hydrogen (secondary N) is 2. The van der Waals surface area contributed by atoms with Crippen LogP contribution in [0.2, 0.25) is 0 Å². The number of nitrogens with two attached hydrogens (primary N) is 1. The van der Waals surface area contributed by atoms with Gasteiger partial charge < -0.3 is 25.2 Å². The topological polar surface area (TPSA) is 202 Å². The van der Waals surface area contributed by atoms with Gasteiger partial charge in [-0.3, -0.25) is 20.0 Å². The number of nitrogens with zero attached hydrogens (tertiary/aromatic N) is 5. The van der Waals surface area contributed by atoms with Crippen molar-refractivity contribution in [2.45, 2.75) is 19.3 Å². The lowest BCUT2D eigenvalue weighted by atomic mass is 9.90. The molecular weight excluding hydrogens is 544 g/mol. The van der Waals surface area contributed by atoms with Gasteiger partial charge in [0.25, 0.3) is 17.8 Å². The van der Waals surface area contributed by atoms with Gasteiger partial charge in [0, 0.05) is 51.0 Å². The lowest BCUT2D eigenvalue weighted by Gasteiger charge is -2.18. The molecule has 2 heterocycles. The Labute approximate surface area is 241 Å². The Morgan fingerprint density at radius 2 is 1.74 bits per heavy atom. The van der Waals surface area contributed by atoms with Crippen molar-refractivity contribution in [2.24, 2.45) is 5.73 Å². The molecule has 1 unspecified atom stereocenters. The van der Waals surface area contributed by atoms with Crippen molar-refractivity contribution in [3.63, 3.8) is 0 Å². The molecule has 2 aromatic carbocycles. The number of H-pyrrole nitrogens is 1. The van der Waals surface area contributed by atoms with Crippen molar-refractivity contribution >= 4 is 17.7 Å². The molecule has 5 N–H and O–H groups in total. The third-order valence-electron chi connectivity index (χ3n) is 5.81. The van der Waals surface area contributed by atoms with Crippen LogP contribution in [0.25, 0.3) is 5.95 Å².